The van der Waals surface area contributed by atoms with Crippen molar-refractivity contribution in [2.24, 2.45) is 0 Å². The number of thiophene rings is 1. The monoisotopic (exact) mass is 354 g/mol. The van der Waals surface area contributed by atoms with Crippen LogP contribution in [0, 0.1) is 0 Å². The average molecular weight is 354 g/mol. The summed E-state index contributed by atoms with van der Waals surface area (Å²) >= 11 is 1.84. The molecule has 5 nitrogen and oxygen atoms in total. The van der Waals surface area contributed by atoms with Crippen molar-refractivity contribution in [1.29, 1.82) is 0 Å². The molecule has 1 fully saturated rings. The molecular weight excluding hydrogens is 332 g/mol. The summed E-state index contributed by atoms with van der Waals surface area (Å²) in [5, 5.41) is 2.80. The maximum absolute atomic E-state index is 12.2. The molecule has 0 atom stereocenters. The molecular formula is C19H22N4OS. The van der Waals surface area contributed by atoms with Gasteiger partial charge in [-0.05, 0) is 30.0 Å². The average Bonchev–Trinajstić information content (AvgIpc) is 3.15. The fraction of sp³-hybridized carbons (Fsp3) is 0.368. The van der Waals surface area contributed by atoms with Crippen LogP contribution in [-0.2, 0) is 13.0 Å². The van der Waals surface area contributed by atoms with Crippen LogP contribution in [0.3, 0.4) is 0 Å². The highest BCUT2D eigenvalue weighted by atomic mass is 32.1. The van der Waals surface area contributed by atoms with Crippen LogP contribution in [0.2, 0.25) is 0 Å². The molecule has 1 saturated heterocycles. The van der Waals surface area contributed by atoms with Gasteiger partial charge in [0.15, 0.2) is 0 Å². The number of rotatable bonds is 5. The second kappa shape index (κ2) is 7.47. The van der Waals surface area contributed by atoms with E-state index in [0.29, 0.717) is 11.9 Å². The summed E-state index contributed by atoms with van der Waals surface area (Å²) < 4.78 is 0. The highest BCUT2D eigenvalue weighted by molar-refractivity contribution is 7.09. The minimum atomic E-state index is -0.0461. The van der Waals surface area contributed by atoms with Crippen molar-refractivity contribution in [2.75, 3.05) is 32.7 Å². The van der Waals surface area contributed by atoms with Crippen molar-refractivity contribution in [3.63, 3.8) is 0 Å². The lowest BCUT2D eigenvalue weighted by Gasteiger charge is -2.34. The minimum absolute atomic E-state index is 0.0461. The molecule has 2 aromatic heterocycles. The molecule has 0 bridgehead atoms. The number of hydrogen-bond donors (Lipinski definition) is 1. The maximum Gasteiger partial charge on any atom is 0.258 e. The van der Waals surface area contributed by atoms with Gasteiger partial charge in [-0.3, -0.25) is 9.69 Å². The molecule has 130 valence electrons. The van der Waals surface area contributed by atoms with Gasteiger partial charge in [0.05, 0.1) is 17.4 Å². The summed E-state index contributed by atoms with van der Waals surface area (Å²) in [5.41, 5.74) is 0.728. The van der Waals surface area contributed by atoms with Gasteiger partial charge in [-0.15, -0.1) is 11.3 Å². The third-order valence-corrected chi connectivity index (χ3v) is 5.69. The summed E-state index contributed by atoms with van der Waals surface area (Å²) in [5.74, 6) is 0.760. The second-order valence-corrected chi connectivity index (χ2v) is 7.51. The molecule has 0 spiro atoms. The number of H-pyrrole nitrogens is 1. The SMILES string of the molecule is O=c1[nH]c(CN2CCN(CCc3cccs3)CC2)nc2ccccc12. The Bertz CT molecular complexity index is 882. The van der Waals surface area contributed by atoms with E-state index in [1.165, 1.54) is 4.88 Å². The fourth-order valence-corrected chi connectivity index (χ4v) is 4.01. The smallest absolute Gasteiger partial charge is 0.258 e. The Hall–Kier alpha value is -2.02. The van der Waals surface area contributed by atoms with Crippen LogP contribution >= 0.6 is 11.3 Å². The van der Waals surface area contributed by atoms with Crippen molar-refractivity contribution >= 4 is 22.2 Å². The van der Waals surface area contributed by atoms with Gasteiger partial charge in [0.2, 0.25) is 0 Å². The van der Waals surface area contributed by atoms with E-state index >= 15 is 0 Å². The van der Waals surface area contributed by atoms with E-state index in [4.69, 9.17) is 0 Å². The Balaban J connectivity index is 1.33. The lowest BCUT2D eigenvalue weighted by molar-refractivity contribution is 0.126. The van der Waals surface area contributed by atoms with Crippen LogP contribution in [0.1, 0.15) is 10.7 Å². The zero-order chi connectivity index (χ0) is 17.1. The van der Waals surface area contributed by atoms with Gasteiger partial charge in [-0.25, -0.2) is 4.98 Å². The lowest BCUT2D eigenvalue weighted by Crippen LogP contribution is -2.46. The van der Waals surface area contributed by atoms with Crippen LogP contribution in [0.5, 0.6) is 0 Å². The molecule has 25 heavy (non-hydrogen) atoms. The minimum Gasteiger partial charge on any atom is -0.309 e. The third kappa shape index (κ3) is 3.98. The second-order valence-electron chi connectivity index (χ2n) is 6.48. The molecule has 1 aliphatic heterocycles. The van der Waals surface area contributed by atoms with E-state index < -0.39 is 0 Å². The maximum atomic E-state index is 12.2. The third-order valence-electron chi connectivity index (χ3n) is 4.75. The number of para-hydroxylation sites is 1. The van der Waals surface area contributed by atoms with Crippen LogP contribution in [0.15, 0.2) is 46.6 Å². The summed E-state index contributed by atoms with van der Waals surface area (Å²) in [6, 6.07) is 11.8. The number of hydrogen-bond acceptors (Lipinski definition) is 5. The number of nitrogens with zero attached hydrogens (tertiary/aromatic N) is 3. The van der Waals surface area contributed by atoms with Crippen molar-refractivity contribution in [2.45, 2.75) is 13.0 Å². The molecule has 1 aromatic carbocycles. The van der Waals surface area contributed by atoms with Crippen LogP contribution < -0.4 is 5.56 Å². The van der Waals surface area contributed by atoms with Crippen LogP contribution in [0.4, 0.5) is 0 Å². The topological polar surface area (TPSA) is 52.2 Å². The molecule has 1 aliphatic rings. The van der Waals surface area contributed by atoms with Gasteiger partial charge in [-0.2, -0.15) is 0 Å². The molecule has 6 heteroatoms. The largest absolute Gasteiger partial charge is 0.309 e. The molecule has 4 rings (SSSR count). The zero-order valence-electron chi connectivity index (χ0n) is 14.1. The molecule has 0 unspecified atom stereocenters. The molecule has 3 heterocycles. The van der Waals surface area contributed by atoms with Crippen molar-refractivity contribution in [3.8, 4) is 0 Å². The predicted molar refractivity (Wildman–Crippen MR) is 102 cm³/mol. The highest BCUT2D eigenvalue weighted by Gasteiger charge is 2.18. The summed E-state index contributed by atoms with van der Waals surface area (Å²) in [6.45, 7) is 6.01. The lowest BCUT2D eigenvalue weighted by atomic mass is 10.2. The molecule has 3 aromatic rings. The first-order valence-electron chi connectivity index (χ1n) is 8.73. The van der Waals surface area contributed by atoms with Gasteiger partial charge in [-0.1, -0.05) is 18.2 Å². The first-order chi connectivity index (χ1) is 12.3. The van der Waals surface area contributed by atoms with Crippen molar-refractivity contribution < 1.29 is 0 Å². The Labute approximate surface area is 150 Å². The summed E-state index contributed by atoms with van der Waals surface area (Å²) in [6.07, 6.45) is 1.14. The molecule has 0 radical (unpaired) electrons. The van der Waals surface area contributed by atoms with E-state index in [2.05, 4.69) is 37.3 Å². The van der Waals surface area contributed by atoms with Gasteiger partial charge in [0.25, 0.3) is 5.56 Å². The highest BCUT2D eigenvalue weighted by Crippen LogP contribution is 2.12. The molecule has 0 amide bonds. The Kier molecular flexibility index (Phi) is 4.92. The molecule has 0 saturated carbocycles. The summed E-state index contributed by atoms with van der Waals surface area (Å²) in [4.78, 5) is 26.1. The molecule has 1 N–H and O–H groups in total. The number of aromatic amines is 1. The Morgan fingerprint density at radius 1 is 1.04 bits per heavy atom. The number of nitrogens with one attached hydrogen (secondary N) is 1. The van der Waals surface area contributed by atoms with Gasteiger partial charge in [0.1, 0.15) is 5.82 Å². The van der Waals surface area contributed by atoms with Crippen molar-refractivity contribution in [3.05, 3.63) is 62.8 Å². The fourth-order valence-electron chi connectivity index (χ4n) is 3.32. The van der Waals surface area contributed by atoms with Gasteiger partial charge in [0, 0.05) is 37.6 Å². The van der Waals surface area contributed by atoms with E-state index in [1.54, 1.807) is 0 Å². The van der Waals surface area contributed by atoms with Crippen LogP contribution in [0.25, 0.3) is 10.9 Å². The van der Waals surface area contributed by atoms with Crippen molar-refractivity contribution in [1.82, 2.24) is 19.8 Å². The quantitative estimate of drug-likeness (QED) is 0.764. The first-order valence-corrected chi connectivity index (χ1v) is 9.61. The predicted octanol–water partition coefficient (Wildman–Crippen LogP) is 2.34. The molecule has 0 aliphatic carbocycles. The van der Waals surface area contributed by atoms with Gasteiger partial charge < -0.3 is 9.88 Å². The van der Waals surface area contributed by atoms with E-state index in [0.717, 1.165) is 50.5 Å². The first kappa shape index (κ1) is 16.4. The number of aromatic nitrogens is 2. The number of piperazine rings is 1. The number of benzene rings is 1. The number of fused-ring (bicyclic) bond motifs is 1. The Morgan fingerprint density at radius 2 is 1.84 bits per heavy atom. The van der Waals surface area contributed by atoms with E-state index in [9.17, 15) is 4.79 Å². The Morgan fingerprint density at radius 3 is 2.64 bits per heavy atom. The standard InChI is InChI=1S/C19H22N4OS/c24-19-16-5-1-2-6-17(16)20-18(21-19)14-23-11-9-22(10-12-23)8-7-15-4-3-13-25-15/h1-6,13H,7-12,14H2,(H,20,21,24). The van der Waals surface area contributed by atoms with E-state index in [1.807, 2.05) is 35.6 Å². The normalized spacial score (nSPS) is 16.5. The van der Waals surface area contributed by atoms with E-state index in [-0.39, 0.29) is 5.56 Å². The summed E-state index contributed by atoms with van der Waals surface area (Å²) in [7, 11) is 0. The van der Waals surface area contributed by atoms with Gasteiger partial charge >= 0.3 is 0 Å². The van der Waals surface area contributed by atoms with Crippen LogP contribution in [-0.4, -0.2) is 52.5 Å². The zero-order valence-corrected chi connectivity index (χ0v) is 15.0.